The fourth-order valence-corrected chi connectivity index (χ4v) is 2.71. The Labute approximate surface area is 102 Å². The minimum atomic E-state index is 0.289. The van der Waals surface area contributed by atoms with Crippen LogP contribution in [0.1, 0.15) is 32.1 Å². The Balaban J connectivity index is 2.43. The second-order valence-corrected chi connectivity index (χ2v) is 5.32. The Hall–Kier alpha value is 0.110. The van der Waals surface area contributed by atoms with Crippen LogP contribution < -0.4 is 0 Å². The molecule has 1 rings (SSSR count). The first-order chi connectivity index (χ1) is 7.29. The SMILES string of the molecule is CSCCC(=O)N(CCCl)C1CCCC1. The first kappa shape index (κ1) is 13.2. The van der Waals surface area contributed by atoms with Gasteiger partial charge in [0.15, 0.2) is 0 Å². The molecule has 4 heteroatoms. The number of hydrogen-bond donors (Lipinski definition) is 0. The molecule has 0 saturated heterocycles. The van der Waals surface area contributed by atoms with E-state index in [9.17, 15) is 4.79 Å². The molecule has 1 aliphatic carbocycles. The zero-order valence-electron chi connectivity index (χ0n) is 9.38. The van der Waals surface area contributed by atoms with E-state index < -0.39 is 0 Å². The van der Waals surface area contributed by atoms with Gasteiger partial charge in [0.2, 0.25) is 5.91 Å². The van der Waals surface area contributed by atoms with Crippen LogP contribution >= 0.6 is 23.4 Å². The average Bonchev–Trinajstić information content (AvgIpc) is 2.75. The maximum Gasteiger partial charge on any atom is 0.223 e. The Kier molecular flexibility index (Phi) is 6.50. The molecule has 88 valence electrons. The molecule has 0 unspecified atom stereocenters. The minimum absolute atomic E-state index is 0.289. The second kappa shape index (κ2) is 7.39. The summed E-state index contributed by atoms with van der Waals surface area (Å²) >= 11 is 7.48. The topological polar surface area (TPSA) is 20.3 Å². The maximum absolute atomic E-state index is 11.9. The van der Waals surface area contributed by atoms with E-state index >= 15 is 0 Å². The average molecular weight is 250 g/mol. The van der Waals surface area contributed by atoms with Crippen LogP contribution in [0.2, 0.25) is 0 Å². The third kappa shape index (κ3) is 4.23. The zero-order valence-corrected chi connectivity index (χ0v) is 10.9. The summed E-state index contributed by atoms with van der Waals surface area (Å²) in [5.41, 5.74) is 0. The number of nitrogens with zero attached hydrogens (tertiary/aromatic N) is 1. The van der Waals surface area contributed by atoms with Crippen LogP contribution in [-0.4, -0.2) is 41.3 Å². The van der Waals surface area contributed by atoms with E-state index in [0.29, 0.717) is 18.3 Å². The van der Waals surface area contributed by atoms with Gasteiger partial charge in [-0.15, -0.1) is 11.6 Å². The summed E-state index contributed by atoms with van der Waals surface area (Å²) in [6.45, 7) is 0.722. The van der Waals surface area contributed by atoms with Crippen LogP contribution in [0.25, 0.3) is 0 Å². The lowest BCUT2D eigenvalue weighted by atomic mass is 10.2. The van der Waals surface area contributed by atoms with Crippen LogP contribution in [-0.2, 0) is 4.79 Å². The number of rotatable bonds is 6. The monoisotopic (exact) mass is 249 g/mol. The summed E-state index contributed by atoms with van der Waals surface area (Å²) in [6, 6.07) is 0.470. The molecule has 1 amide bonds. The van der Waals surface area contributed by atoms with E-state index in [2.05, 4.69) is 0 Å². The van der Waals surface area contributed by atoms with E-state index in [1.807, 2.05) is 11.2 Å². The molecular weight excluding hydrogens is 230 g/mol. The van der Waals surface area contributed by atoms with E-state index in [4.69, 9.17) is 11.6 Å². The summed E-state index contributed by atoms with van der Waals surface area (Å²) in [5, 5.41) is 0. The number of carbonyl (C=O) groups excluding carboxylic acids is 1. The third-order valence-corrected chi connectivity index (χ3v) is 3.71. The van der Waals surface area contributed by atoms with Gasteiger partial charge in [0.1, 0.15) is 0 Å². The maximum atomic E-state index is 11.9. The molecule has 0 aromatic rings. The van der Waals surface area contributed by atoms with Gasteiger partial charge in [0.25, 0.3) is 0 Å². The molecular formula is C11H20ClNOS. The van der Waals surface area contributed by atoms with Gasteiger partial charge >= 0.3 is 0 Å². The lowest BCUT2D eigenvalue weighted by molar-refractivity contribution is -0.132. The van der Waals surface area contributed by atoms with Crippen molar-refractivity contribution in [1.29, 1.82) is 0 Å². The predicted molar refractivity (Wildman–Crippen MR) is 67.7 cm³/mol. The highest BCUT2D eigenvalue weighted by molar-refractivity contribution is 7.98. The molecule has 0 atom stereocenters. The van der Waals surface area contributed by atoms with Crippen molar-refractivity contribution in [1.82, 2.24) is 4.90 Å². The lowest BCUT2D eigenvalue weighted by Crippen LogP contribution is -2.40. The standard InChI is InChI=1S/C11H20ClNOS/c1-15-9-6-11(14)13(8-7-12)10-4-2-3-5-10/h10H,2-9H2,1H3. The number of alkyl halides is 1. The Morgan fingerprint density at radius 3 is 2.67 bits per heavy atom. The molecule has 0 N–H and O–H groups in total. The van der Waals surface area contributed by atoms with Crippen LogP contribution in [0, 0.1) is 0 Å². The number of halogens is 1. The number of amides is 1. The fraction of sp³-hybridized carbons (Fsp3) is 0.909. The number of hydrogen-bond acceptors (Lipinski definition) is 2. The molecule has 0 aliphatic heterocycles. The van der Waals surface area contributed by atoms with Crippen molar-refractivity contribution in [3.8, 4) is 0 Å². The lowest BCUT2D eigenvalue weighted by Gasteiger charge is -2.28. The molecule has 0 radical (unpaired) electrons. The van der Waals surface area contributed by atoms with E-state index in [1.165, 1.54) is 25.7 Å². The van der Waals surface area contributed by atoms with Gasteiger partial charge in [-0.25, -0.2) is 0 Å². The number of carbonyl (C=O) groups is 1. The number of thioether (sulfide) groups is 1. The highest BCUT2D eigenvalue weighted by Crippen LogP contribution is 2.24. The minimum Gasteiger partial charge on any atom is -0.338 e. The van der Waals surface area contributed by atoms with Gasteiger partial charge in [-0.3, -0.25) is 4.79 Å². The van der Waals surface area contributed by atoms with Crippen molar-refractivity contribution in [3.05, 3.63) is 0 Å². The van der Waals surface area contributed by atoms with Crippen molar-refractivity contribution in [2.45, 2.75) is 38.1 Å². The van der Waals surface area contributed by atoms with Crippen LogP contribution in [0.4, 0.5) is 0 Å². The molecule has 1 aliphatic rings. The van der Waals surface area contributed by atoms with Gasteiger partial charge in [0.05, 0.1) is 0 Å². The van der Waals surface area contributed by atoms with Gasteiger partial charge < -0.3 is 4.90 Å². The van der Waals surface area contributed by atoms with Crippen LogP contribution in [0.5, 0.6) is 0 Å². The van der Waals surface area contributed by atoms with Crippen LogP contribution in [0.15, 0.2) is 0 Å². The van der Waals surface area contributed by atoms with Crippen molar-refractivity contribution in [2.24, 2.45) is 0 Å². The summed E-state index contributed by atoms with van der Waals surface area (Å²) in [6.07, 6.45) is 7.56. The van der Waals surface area contributed by atoms with Gasteiger partial charge in [0, 0.05) is 30.6 Å². The molecule has 15 heavy (non-hydrogen) atoms. The van der Waals surface area contributed by atoms with Crippen molar-refractivity contribution < 1.29 is 4.79 Å². The molecule has 1 saturated carbocycles. The first-order valence-corrected chi connectivity index (χ1v) is 7.56. The molecule has 2 nitrogen and oxygen atoms in total. The molecule has 0 aromatic heterocycles. The first-order valence-electron chi connectivity index (χ1n) is 5.64. The Bertz CT molecular complexity index is 195. The molecule has 0 aromatic carbocycles. The highest BCUT2D eigenvalue weighted by atomic mass is 35.5. The van der Waals surface area contributed by atoms with Crippen molar-refractivity contribution in [3.63, 3.8) is 0 Å². The van der Waals surface area contributed by atoms with E-state index in [1.54, 1.807) is 11.8 Å². The van der Waals surface area contributed by atoms with Gasteiger partial charge in [-0.05, 0) is 19.1 Å². The molecule has 0 heterocycles. The highest BCUT2D eigenvalue weighted by Gasteiger charge is 2.25. The fourth-order valence-electron chi connectivity index (χ4n) is 2.15. The van der Waals surface area contributed by atoms with Gasteiger partial charge in [-0.2, -0.15) is 11.8 Å². The normalized spacial score (nSPS) is 16.9. The summed E-state index contributed by atoms with van der Waals surface area (Å²) in [4.78, 5) is 13.9. The summed E-state index contributed by atoms with van der Waals surface area (Å²) in [5.74, 6) is 1.77. The summed E-state index contributed by atoms with van der Waals surface area (Å²) in [7, 11) is 0. The van der Waals surface area contributed by atoms with Crippen LogP contribution in [0.3, 0.4) is 0 Å². The largest absolute Gasteiger partial charge is 0.338 e. The molecule has 0 bridgehead atoms. The third-order valence-electron chi connectivity index (χ3n) is 2.93. The van der Waals surface area contributed by atoms with E-state index in [0.717, 1.165) is 12.3 Å². The second-order valence-electron chi connectivity index (χ2n) is 3.96. The van der Waals surface area contributed by atoms with Crippen molar-refractivity contribution in [2.75, 3.05) is 24.4 Å². The zero-order chi connectivity index (χ0) is 11.1. The Morgan fingerprint density at radius 2 is 2.13 bits per heavy atom. The molecule has 1 fully saturated rings. The smallest absolute Gasteiger partial charge is 0.223 e. The van der Waals surface area contributed by atoms with Crippen molar-refractivity contribution >= 4 is 29.3 Å². The molecule has 0 spiro atoms. The Morgan fingerprint density at radius 1 is 1.47 bits per heavy atom. The predicted octanol–water partition coefficient (Wildman–Crippen LogP) is 2.75. The van der Waals surface area contributed by atoms with E-state index in [-0.39, 0.29) is 5.91 Å². The van der Waals surface area contributed by atoms with Gasteiger partial charge in [-0.1, -0.05) is 12.8 Å². The quantitative estimate of drug-likeness (QED) is 0.675. The summed E-state index contributed by atoms with van der Waals surface area (Å²) < 4.78 is 0.